The van der Waals surface area contributed by atoms with Gasteiger partial charge in [0.15, 0.2) is 9.84 Å². The van der Waals surface area contributed by atoms with Crippen molar-refractivity contribution in [3.8, 4) is 12.3 Å². The molecule has 1 rings (SSSR count). The molecule has 0 amide bonds. The van der Waals surface area contributed by atoms with Crippen molar-refractivity contribution in [1.29, 1.82) is 0 Å². The van der Waals surface area contributed by atoms with Crippen LogP contribution in [0.2, 0.25) is 0 Å². The summed E-state index contributed by atoms with van der Waals surface area (Å²) in [5.41, 5.74) is 0.524. The second-order valence-electron chi connectivity index (χ2n) is 3.27. The zero-order valence-corrected chi connectivity index (χ0v) is 9.16. The van der Waals surface area contributed by atoms with Gasteiger partial charge in [-0.15, -0.1) is 12.3 Å². The lowest BCUT2D eigenvalue weighted by molar-refractivity contribution is 0.184. The van der Waals surface area contributed by atoms with Crippen LogP contribution >= 0.6 is 0 Å². The number of rotatable bonds is 3. The van der Waals surface area contributed by atoms with Crippen LogP contribution in [0, 0.1) is 12.3 Å². The Morgan fingerprint density at radius 2 is 2.20 bits per heavy atom. The van der Waals surface area contributed by atoms with Gasteiger partial charge in [0.25, 0.3) is 0 Å². The average Bonchev–Trinajstić information content (AvgIpc) is 2.17. The van der Waals surface area contributed by atoms with E-state index in [0.717, 1.165) is 6.26 Å². The molecule has 1 N–H and O–H groups in total. The van der Waals surface area contributed by atoms with Crippen LogP contribution in [0.1, 0.15) is 18.1 Å². The fourth-order valence-electron chi connectivity index (χ4n) is 1.18. The van der Waals surface area contributed by atoms with Gasteiger partial charge >= 0.3 is 0 Å². The molecule has 1 aromatic rings. The molecule has 0 aromatic heterocycles. The second kappa shape index (κ2) is 4.47. The number of aliphatic hydroxyl groups is 1. The first kappa shape index (κ1) is 11.8. The third kappa shape index (κ3) is 3.08. The molecule has 0 saturated heterocycles. The average molecular weight is 224 g/mol. The van der Waals surface area contributed by atoms with E-state index in [2.05, 4.69) is 5.92 Å². The lowest BCUT2D eigenvalue weighted by Gasteiger charge is -2.08. The molecule has 0 fully saturated rings. The van der Waals surface area contributed by atoms with Gasteiger partial charge in [-0.1, -0.05) is 12.1 Å². The maximum atomic E-state index is 11.2. The van der Waals surface area contributed by atoms with E-state index in [1.807, 2.05) is 0 Å². The van der Waals surface area contributed by atoms with E-state index in [4.69, 9.17) is 6.42 Å². The van der Waals surface area contributed by atoms with Gasteiger partial charge in [0, 0.05) is 12.7 Å². The van der Waals surface area contributed by atoms with Gasteiger partial charge in [0.05, 0.1) is 11.0 Å². The lowest BCUT2D eigenvalue weighted by atomic mass is 10.1. The summed E-state index contributed by atoms with van der Waals surface area (Å²) in [7, 11) is -3.24. The largest absolute Gasteiger partial charge is 0.387 e. The Balaban J connectivity index is 3.10. The maximum Gasteiger partial charge on any atom is 0.175 e. The summed E-state index contributed by atoms with van der Waals surface area (Å²) in [6.45, 7) is 0. The van der Waals surface area contributed by atoms with Crippen LogP contribution < -0.4 is 0 Å². The number of benzene rings is 1. The van der Waals surface area contributed by atoms with Crippen LogP contribution in [0.25, 0.3) is 0 Å². The first-order valence-corrected chi connectivity index (χ1v) is 6.26. The van der Waals surface area contributed by atoms with Crippen molar-refractivity contribution in [2.24, 2.45) is 0 Å². The molecular weight excluding hydrogens is 212 g/mol. The van der Waals surface area contributed by atoms with Crippen molar-refractivity contribution in [2.75, 3.05) is 6.26 Å². The molecule has 1 atom stereocenters. The van der Waals surface area contributed by atoms with E-state index >= 15 is 0 Å². The number of hydrogen-bond donors (Lipinski definition) is 1. The quantitative estimate of drug-likeness (QED) is 0.783. The fourth-order valence-corrected chi connectivity index (χ4v) is 1.86. The van der Waals surface area contributed by atoms with Gasteiger partial charge in [-0.25, -0.2) is 8.42 Å². The number of hydrogen-bond acceptors (Lipinski definition) is 3. The van der Waals surface area contributed by atoms with Crippen molar-refractivity contribution in [3.05, 3.63) is 29.8 Å². The third-order valence-electron chi connectivity index (χ3n) is 1.98. The summed E-state index contributed by atoms with van der Waals surface area (Å²) in [5, 5.41) is 9.57. The number of aliphatic hydroxyl groups excluding tert-OH is 1. The normalized spacial score (nSPS) is 13.1. The SMILES string of the molecule is C#CCC(O)c1cccc(S(C)(=O)=O)c1. The minimum absolute atomic E-state index is 0.174. The third-order valence-corrected chi connectivity index (χ3v) is 3.09. The Bertz CT molecular complexity index is 483. The highest BCUT2D eigenvalue weighted by Crippen LogP contribution is 2.19. The van der Waals surface area contributed by atoms with Crippen LogP contribution in [0.5, 0.6) is 0 Å². The van der Waals surface area contributed by atoms with E-state index in [-0.39, 0.29) is 11.3 Å². The van der Waals surface area contributed by atoms with Crippen molar-refractivity contribution in [2.45, 2.75) is 17.4 Å². The summed E-state index contributed by atoms with van der Waals surface area (Å²) in [4.78, 5) is 0.191. The van der Waals surface area contributed by atoms with E-state index in [0.29, 0.717) is 5.56 Å². The zero-order valence-electron chi connectivity index (χ0n) is 8.34. The predicted octanol–water partition coefficient (Wildman–Crippen LogP) is 1.15. The maximum absolute atomic E-state index is 11.2. The fraction of sp³-hybridized carbons (Fsp3) is 0.273. The monoisotopic (exact) mass is 224 g/mol. The van der Waals surface area contributed by atoms with Gasteiger partial charge in [0.2, 0.25) is 0 Å². The second-order valence-corrected chi connectivity index (χ2v) is 5.28. The van der Waals surface area contributed by atoms with Crippen LogP contribution in [-0.2, 0) is 9.84 Å². The van der Waals surface area contributed by atoms with Gasteiger partial charge in [0.1, 0.15) is 0 Å². The topological polar surface area (TPSA) is 54.4 Å². The smallest absolute Gasteiger partial charge is 0.175 e. The molecule has 15 heavy (non-hydrogen) atoms. The summed E-state index contributed by atoms with van der Waals surface area (Å²) < 4.78 is 22.5. The molecule has 1 unspecified atom stereocenters. The molecule has 0 aliphatic carbocycles. The highest BCUT2D eigenvalue weighted by atomic mass is 32.2. The molecule has 0 radical (unpaired) electrons. The van der Waals surface area contributed by atoms with E-state index in [1.54, 1.807) is 12.1 Å². The summed E-state index contributed by atoms with van der Waals surface area (Å²) in [5.74, 6) is 2.32. The van der Waals surface area contributed by atoms with Crippen LogP contribution in [0.4, 0.5) is 0 Å². The molecule has 0 saturated carbocycles. The van der Waals surface area contributed by atoms with Gasteiger partial charge in [-0.2, -0.15) is 0 Å². The molecule has 3 nitrogen and oxygen atoms in total. The van der Waals surface area contributed by atoms with Crippen LogP contribution in [0.3, 0.4) is 0 Å². The van der Waals surface area contributed by atoms with E-state index in [9.17, 15) is 13.5 Å². The van der Waals surface area contributed by atoms with Gasteiger partial charge in [-0.05, 0) is 17.7 Å². The van der Waals surface area contributed by atoms with E-state index in [1.165, 1.54) is 12.1 Å². The standard InChI is InChI=1S/C11H12O3S/c1-3-5-11(12)9-6-4-7-10(8-9)15(2,13)14/h1,4,6-8,11-12H,5H2,2H3. The highest BCUT2D eigenvalue weighted by Gasteiger charge is 2.11. The van der Waals surface area contributed by atoms with Gasteiger partial charge in [-0.3, -0.25) is 0 Å². The van der Waals surface area contributed by atoms with Crippen molar-refractivity contribution >= 4 is 9.84 Å². The molecule has 1 aromatic carbocycles. The zero-order chi connectivity index (χ0) is 11.5. The van der Waals surface area contributed by atoms with Gasteiger partial charge < -0.3 is 5.11 Å². The number of terminal acetylenes is 1. The van der Waals surface area contributed by atoms with Crippen molar-refractivity contribution in [1.82, 2.24) is 0 Å². The van der Waals surface area contributed by atoms with Crippen LogP contribution in [0.15, 0.2) is 29.2 Å². The molecule has 80 valence electrons. The predicted molar refractivity (Wildman–Crippen MR) is 58.0 cm³/mol. The molecule has 4 heteroatoms. The minimum atomic E-state index is -3.24. The molecule has 0 heterocycles. The molecule has 0 aliphatic heterocycles. The summed E-state index contributed by atoms with van der Waals surface area (Å²) >= 11 is 0. The Hall–Kier alpha value is -1.31. The molecule has 0 aliphatic rings. The highest BCUT2D eigenvalue weighted by molar-refractivity contribution is 7.90. The first-order chi connectivity index (χ1) is 6.95. The Labute approximate surface area is 89.7 Å². The van der Waals surface area contributed by atoms with E-state index < -0.39 is 15.9 Å². The Kier molecular flexibility index (Phi) is 3.51. The molecular formula is C11H12O3S. The summed E-state index contributed by atoms with van der Waals surface area (Å²) in [6, 6.07) is 6.17. The van der Waals surface area contributed by atoms with Crippen LogP contribution in [-0.4, -0.2) is 19.8 Å². The number of sulfone groups is 1. The van der Waals surface area contributed by atoms with Crippen molar-refractivity contribution in [3.63, 3.8) is 0 Å². The first-order valence-electron chi connectivity index (χ1n) is 4.36. The Morgan fingerprint density at radius 1 is 1.53 bits per heavy atom. The van der Waals surface area contributed by atoms with Crippen molar-refractivity contribution < 1.29 is 13.5 Å². The summed E-state index contributed by atoms with van der Waals surface area (Å²) in [6.07, 6.45) is 5.55. The minimum Gasteiger partial charge on any atom is -0.387 e. The molecule has 0 spiro atoms. The molecule has 0 bridgehead atoms. The Morgan fingerprint density at radius 3 is 2.73 bits per heavy atom. The lowest BCUT2D eigenvalue weighted by Crippen LogP contribution is -2.01.